The van der Waals surface area contributed by atoms with E-state index in [1.54, 1.807) is 12.5 Å². The van der Waals surface area contributed by atoms with Crippen molar-refractivity contribution in [2.75, 3.05) is 0 Å². The molecule has 0 saturated carbocycles. The van der Waals surface area contributed by atoms with Gasteiger partial charge in [-0.1, -0.05) is 49.7 Å². The molecule has 0 fully saturated rings. The zero-order chi connectivity index (χ0) is 17.4. The Labute approximate surface area is 155 Å². The van der Waals surface area contributed by atoms with Crippen molar-refractivity contribution in [1.29, 1.82) is 0 Å². The summed E-state index contributed by atoms with van der Waals surface area (Å²) in [4.78, 5) is 12.0. The molecular formula is C19H19FINO2. The number of ether oxygens (including phenoxy) is 1. The zero-order valence-electron chi connectivity index (χ0n) is 13.3. The molecule has 0 spiro atoms. The number of nitrogens with one attached hydrogen (secondary N) is 1. The first-order valence-electron chi connectivity index (χ1n) is 7.69. The summed E-state index contributed by atoms with van der Waals surface area (Å²) in [6.07, 6.45) is 3.78. The number of amides is 1. The molecule has 0 saturated heterocycles. The number of benzene rings is 2. The molecule has 1 atom stereocenters. The Bertz CT molecular complexity index is 664. The van der Waals surface area contributed by atoms with Crippen LogP contribution in [0.1, 0.15) is 24.5 Å². The normalized spacial score (nSPS) is 11.8. The maximum absolute atomic E-state index is 14.0. The van der Waals surface area contributed by atoms with Crippen molar-refractivity contribution >= 4 is 28.7 Å². The summed E-state index contributed by atoms with van der Waals surface area (Å²) in [5.74, 6) is -0.309. The molecule has 0 aliphatic heterocycles. The van der Waals surface area contributed by atoms with E-state index < -0.39 is 12.1 Å². The summed E-state index contributed by atoms with van der Waals surface area (Å²) in [5.41, 5.74) is 1.37. The van der Waals surface area contributed by atoms with E-state index in [1.807, 2.05) is 49.7 Å². The molecule has 2 rings (SSSR count). The molecule has 1 unspecified atom stereocenters. The van der Waals surface area contributed by atoms with Gasteiger partial charge in [-0.2, -0.15) is 0 Å². The highest BCUT2D eigenvalue weighted by Gasteiger charge is 2.16. The summed E-state index contributed by atoms with van der Waals surface area (Å²) >= 11 is 2.06. The van der Waals surface area contributed by atoms with Gasteiger partial charge >= 0.3 is 6.09 Å². The van der Waals surface area contributed by atoms with Crippen molar-refractivity contribution in [1.82, 2.24) is 5.32 Å². The monoisotopic (exact) mass is 439 g/mol. The molecule has 0 aromatic heterocycles. The van der Waals surface area contributed by atoms with Crippen LogP contribution in [0.25, 0.3) is 0 Å². The highest BCUT2D eigenvalue weighted by atomic mass is 127. The van der Waals surface area contributed by atoms with Gasteiger partial charge in [-0.05, 0) is 52.3 Å². The average molecular weight is 439 g/mol. The molecule has 5 heteroatoms. The van der Waals surface area contributed by atoms with Crippen LogP contribution in [0.15, 0.2) is 48.5 Å². The summed E-state index contributed by atoms with van der Waals surface area (Å²) in [5, 5.41) is 2.74. The largest absolute Gasteiger partial charge is 0.445 e. The molecule has 2 radical (unpaired) electrons. The first kappa shape index (κ1) is 18.7. The van der Waals surface area contributed by atoms with Crippen LogP contribution < -0.4 is 5.32 Å². The Hall–Kier alpha value is -1.63. The maximum atomic E-state index is 14.0. The highest BCUT2D eigenvalue weighted by molar-refractivity contribution is 14.1. The second-order valence-electron chi connectivity index (χ2n) is 5.21. The third kappa shape index (κ3) is 6.11. The summed E-state index contributed by atoms with van der Waals surface area (Å²) in [7, 11) is 0. The summed E-state index contributed by atoms with van der Waals surface area (Å²) < 4.78 is 20.0. The van der Waals surface area contributed by atoms with Crippen LogP contribution in [0.3, 0.4) is 0 Å². The zero-order valence-corrected chi connectivity index (χ0v) is 15.5. The molecule has 0 aliphatic rings. The fourth-order valence-corrected chi connectivity index (χ4v) is 2.61. The van der Waals surface area contributed by atoms with Gasteiger partial charge in [-0.15, -0.1) is 0 Å². The van der Waals surface area contributed by atoms with Gasteiger partial charge in [0.25, 0.3) is 0 Å². The van der Waals surface area contributed by atoms with Crippen LogP contribution in [0, 0.1) is 22.2 Å². The lowest BCUT2D eigenvalue weighted by Crippen LogP contribution is -2.36. The molecule has 0 bridgehead atoms. The van der Waals surface area contributed by atoms with E-state index in [4.69, 9.17) is 4.74 Å². The lowest BCUT2D eigenvalue weighted by atomic mass is 10.0. The fraction of sp³-hybridized carbons (Fsp3) is 0.211. The number of carbonyl (C=O) groups is 1. The Kier molecular flexibility index (Phi) is 7.49. The van der Waals surface area contributed by atoms with Gasteiger partial charge in [0.2, 0.25) is 0 Å². The average Bonchev–Trinajstić information content (AvgIpc) is 2.57. The van der Waals surface area contributed by atoms with Gasteiger partial charge < -0.3 is 10.1 Å². The van der Waals surface area contributed by atoms with Gasteiger partial charge in [0.05, 0.1) is 0 Å². The van der Waals surface area contributed by atoms with Crippen molar-refractivity contribution in [3.63, 3.8) is 0 Å². The lowest BCUT2D eigenvalue weighted by Gasteiger charge is -2.18. The number of rotatable bonds is 7. The van der Waals surface area contributed by atoms with E-state index in [0.29, 0.717) is 5.56 Å². The van der Waals surface area contributed by atoms with Gasteiger partial charge in [-0.3, -0.25) is 0 Å². The van der Waals surface area contributed by atoms with Crippen LogP contribution in [0.2, 0.25) is 0 Å². The lowest BCUT2D eigenvalue weighted by molar-refractivity contribution is 0.138. The van der Waals surface area contributed by atoms with Crippen molar-refractivity contribution in [3.8, 4) is 0 Å². The van der Waals surface area contributed by atoms with Gasteiger partial charge in [0.1, 0.15) is 12.4 Å². The first-order valence-corrected chi connectivity index (χ1v) is 8.77. The third-order valence-electron chi connectivity index (χ3n) is 3.31. The first-order chi connectivity index (χ1) is 11.6. The summed E-state index contributed by atoms with van der Waals surface area (Å²) in [6.45, 7) is 2.16. The minimum absolute atomic E-state index is 0.198. The molecule has 0 aliphatic carbocycles. The van der Waals surface area contributed by atoms with Crippen molar-refractivity contribution in [2.45, 2.75) is 26.0 Å². The summed E-state index contributed by atoms with van der Waals surface area (Å²) in [6, 6.07) is 14.0. The molecule has 3 nitrogen and oxygen atoms in total. The molecule has 1 N–H and O–H groups in total. The van der Waals surface area contributed by atoms with Gasteiger partial charge in [0, 0.05) is 16.0 Å². The molecule has 2 aromatic rings. The predicted molar refractivity (Wildman–Crippen MR) is 101 cm³/mol. The Balaban J connectivity index is 1.91. The van der Waals surface area contributed by atoms with E-state index >= 15 is 0 Å². The smallest absolute Gasteiger partial charge is 0.407 e. The van der Waals surface area contributed by atoms with E-state index in [9.17, 15) is 9.18 Å². The van der Waals surface area contributed by atoms with Gasteiger partial charge in [0.15, 0.2) is 0 Å². The van der Waals surface area contributed by atoms with Crippen LogP contribution in [-0.2, 0) is 11.3 Å². The van der Waals surface area contributed by atoms with Crippen LogP contribution >= 0.6 is 22.6 Å². The standard InChI is InChI=1S/C19H19FINO2/c1-2-6-17(11-15-9-10-16(21)12-18(15)20)22-19(23)24-13-14-7-4-3-5-8-14/h3-12,17H,2,13H2,1H3,(H,22,23). The predicted octanol–water partition coefficient (Wildman–Crippen LogP) is 4.89. The Morgan fingerprint density at radius 2 is 2.04 bits per heavy atom. The Morgan fingerprint density at radius 3 is 2.71 bits per heavy atom. The van der Waals surface area contributed by atoms with E-state index in [1.165, 1.54) is 6.07 Å². The van der Waals surface area contributed by atoms with E-state index in [-0.39, 0.29) is 12.4 Å². The third-order valence-corrected chi connectivity index (χ3v) is 3.98. The quantitative estimate of drug-likeness (QED) is 0.624. The topological polar surface area (TPSA) is 38.3 Å². The maximum Gasteiger partial charge on any atom is 0.407 e. The fourth-order valence-electron chi connectivity index (χ4n) is 2.15. The van der Waals surface area contributed by atoms with Crippen LogP contribution in [0.5, 0.6) is 0 Å². The molecule has 2 aromatic carbocycles. The van der Waals surface area contributed by atoms with E-state index in [0.717, 1.165) is 15.6 Å². The second kappa shape index (κ2) is 9.61. The second-order valence-corrected chi connectivity index (χ2v) is 6.45. The van der Waals surface area contributed by atoms with Gasteiger partial charge in [-0.25, -0.2) is 9.18 Å². The minimum Gasteiger partial charge on any atom is -0.445 e. The Morgan fingerprint density at radius 1 is 1.29 bits per heavy atom. The van der Waals surface area contributed by atoms with E-state index in [2.05, 4.69) is 27.9 Å². The number of hydrogen-bond acceptors (Lipinski definition) is 2. The number of alkyl carbamates (subject to hydrolysis) is 1. The molecule has 0 heterocycles. The minimum atomic E-state index is -0.532. The highest BCUT2D eigenvalue weighted by Crippen LogP contribution is 2.17. The van der Waals surface area contributed by atoms with Crippen molar-refractivity contribution in [3.05, 3.63) is 81.9 Å². The number of hydrogen-bond donors (Lipinski definition) is 1. The van der Waals surface area contributed by atoms with Crippen LogP contribution in [0.4, 0.5) is 9.18 Å². The molecule has 126 valence electrons. The molecule has 24 heavy (non-hydrogen) atoms. The van der Waals surface area contributed by atoms with Crippen LogP contribution in [-0.4, -0.2) is 12.1 Å². The number of halogens is 2. The van der Waals surface area contributed by atoms with Crippen molar-refractivity contribution in [2.24, 2.45) is 0 Å². The molecular weight excluding hydrogens is 420 g/mol. The van der Waals surface area contributed by atoms with Crippen molar-refractivity contribution < 1.29 is 13.9 Å². The molecule has 1 amide bonds. The number of carbonyl (C=O) groups excluding carboxylic acids is 1. The SMILES string of the molecule is CC[CH]C([CH]c1ccc(I)cc1F)NC(=O)OCc1ccccc1.